The summed E-state index contributed by atoms with van der Waals surface area (Å²) in [7, 11) is 0. The summed E-state index contributed by atoms with van der Waals surface area (Å²) in [5.41, 5.74) is 1.12. The van der Waals surface area contributed by atoms with Crippen LogP contribution >= 0.6 is 0 Å². The number of ketones is 1. The van der Waals surface area contributed by atoms with Crippen LogP contribution in [0.25, 0.3) is 6.08 Å². The number of hydrogen-bond donors (Lipinski definition) is 0. The van der Waals surface area contributed by atoms with E-state index in [2.05, 4.69) is 0 Å². The Kier molecular flexibility index (Phi) is 3.98. The van der Waals surface area contributed by atoms with Gasteiger partial charge in [-0.2, -0.15) is 0 Å². The molecule has 20 heavy (non-hydrogen) atoms. The van der Waals surface area contributed by atoms with Gasteiger partial charge in [-0.15, -0.1) is 0 Å². The van der Waals surface area contributed by atoms with Crippen LogP contribution in [0, 0.1) is 0 Å². The lowest BCUT2D eigenvalue weighted by Crippen LogP contribution is -2.09. The van der Waals surface area contributed by atoms with Crippen LogP contribution in [0.3, 0.4) is 0 Å². The first-order chi connectivity index (χ1) is 9.47. The molecule has 5 heteroatoms. The van der Waals surface area contributed by atoms with Gasteiger partial charge in [0.15, 0.2) is 17.3 Å². The number of benzene rings is 1. The Hall–Kier alpha value is -2.43. The number of hydrogen-bond acceptors (Lipinski definition) is 5. The Bertz CT molecular complexity index is 613. The highest BCUT2D eigenvalue weighted by Crippen LogP contribution is 2.34. The molecule has 0 saturated heterocycles. The second-order valence-corrected chi connectivity index (χ2v) is 4.44. The molecule has 0 aliphatic heterocycles. The second kappa shape index (κ2) is 5.69. The van der Waals surface area contributed by atoms with Gasteiger partial charge < -0.3 is 9.47 Å². The van der Waals surface area contributed by atoms with E-state index in [1.165, 1.54) is 26.0 Å². The summed E-state index contributed by atoms with van der Waals surface area (Å²) in [6.45, 7) is 2.50. The molecular formula is C15H14O5. The van der Waals surface area contributed by atoms with E-state index < -0.39 is 11.9 Å². The highest BCUT2D eigenvalue weighted by atomic mass is 16.6. The van der Waals surface area contributed by atoms with Gasteiger partial charge in [0.05, 0.1) is 0 Å². The molecule has 0 aromatic heterocycles. The first-order valence-corrected chi connectivity index (χ1v) is 6.22. The van der Waals surface area contributed by atoms with Crippen LogP contribution in [-0.2, 0) is 9.59 Å². The molecular weight excluding hydrogens is 260 g/mol. The molecule has 0 saturated carbocycles. The van der Waals surface area contributed by atoms with Crippen LogP contribution in [0.5, 0.6) is 11.5 Å². The number of allylic oxidation sites excluding steroid dienone is 1. The van der Waals surface area contributed by atoms with Crippen molar-refractivity contribution in [2.75, 3.05) is 0 Å². The summed E-state index contributed by atoms with van der Waals surface area (Å²) in [4.78, 5) is 34.2. The van der Waals surface area contributed by atoms with Crippen molar-refractivity contribution in [1.82, 2.24) is 0 Å². The fourth-order valence-corrected chi connectivity index (χ4v) is 1.98. The van der Waals surface area contributed by atoms with Gasteiger partial charge in [0, 0.05) is 25.8 Å². The van der Waals surface area contributed by atoms with Crippen molar-refractivity contribution in [2.45, 2.75) is 26.7 Å². The number of fused-ring (bicyclic) bond motifs is 1. The van der Waals surface area contributed by atoms with Crippen LogP contribution in [0.4, 0.5) is 0 Å². The first-order valence-electron chi connectivity index (χ1n) is 6.22. The summed E-state index contributed by atoms with van der Waals surface area (Å²) >= 11 is 0. The molecule has 0 radical (unpaired) electrons. The van der Waals surface area contributed by atoms with Crippen molar-refractivity contribution < 1.29 is 23.9 Å². The minimum absolute atomic E-state index is 0.0345. The Morgan fingerprint density at radius 2 is 1.65 bits per heavy atom. The number of carbonyl (C=O) groups excluding carboxylic acids is 3. The molecule has 1 aromatic carbocycles. The quantitative estimate of drug-likeness (QED) is 0.612. The third-order valence-electron chi connectivity index (χ3n) is 2.76. The van der Waals surface area contributed by atoms with E-state index in [0.29, 0.717) is 24.0 Å². The van der Waals surface area contributed by atoms with Crippen LogP contribution in [0.1, 0.15) is 42.6 Å². The standard InChI is InChI=1S/C15H14O5/c1-9(16)19-14-7-11-5-3-4-6-13(18)12(11)8-15(14)20-10(2)17/h3,5,7-8H,4,6H2,1-2H3. The highest BCUT2D eigenvalue weighted by Gasteiger charge is 2.19. The lowest BCUT2D eigenvalue weighted by molar-refractivity contribution is -0.134. The van der Waals surface area contributed by atoms with Crippen molar-refractivity contribution in [3.63, 3.8) is 0 Å². The average molecular weight is 274 g/mol. The van der Waals surface area contributed by atoms with E-state index in [0.717, 1.165) is 0 Å². The number of Topliss-reactive ketones (excluding diaryl/α,β-unsaturated/α-hetero) is 1. The zero-order valence-corrected chi connectivity index (χ0v) is 11.3. The fraction of sp³-hybridized carbons (Fsp3) is 0.267. The summed E-state index contributed by atoms with van der Waals surface area (Å²) in [5.74, 6) is -0.897. The second-order valence-electron chi connectivity index (χ2n) is 4.44. The Morgan fingerprint density at radius 3 is 2.25 bits per heavy atom. The number of carbonyl (C=O) groups is 3. The normalized spacial score (nSPS) is 13.4. The molecule has 1 aromatic rings. The van der Waals surface area contributed by atoms with Crippen molar-refractivity contribution in [1.29, 1.82) is 0 Å². The maximum absolute atomic E-state index is 12.0. The van der Waals surface area contributed by atoms with E-state index in [1.54, 1.807) is 6.08 Å². The lowest BCUT2D eigenvalue weighted by atomic mass is 10.0. The van der Waals surface area contributed by atoms with E-state index in [1.807, 2.05) is 6.08 Å². The molecule has 1 aliphatic carbocycles. The number of ether oxygens (including phenoxy) is 2. The molecule has 0 heterocycles. The molecule has 1 aliphatic rings. The summed E-state index contributed by atoms with van der Waals surface area (Å²) in [6, 6.07) is 2.99. The zero-order chi connectivity index (χ0) is 14.7. The minimum Gasteiger partial charge on any atom is -0.423 e. The highest BCUT2D eigenvalue weighted by molar-refractivity contribution is 6.01. The topological polar surface area (TPSA) is 69.7 Å². The molecule has 5 nitrogen and oxygen atoms in total. The first kappa shape index (κ1) is 14.0. The average Bonchev–Trinajstić information content (AvgIpc) is 2.51. The summed E-state index contributed by atoms with van der Waals surface area (Å²) < 4.78 is 10.0. The van der Waals surface area contributed by atoms with Gasteiger partial charge in [0.25, 0.3) is 0 Å². The number of esters is 2. The Labute approximate surface area is 116 Å². The van der Waals surface area contributed by atoms with Crippen molar-refractivity contribution in [3.05, 3.63) is 29.3 Å². The van der Waals surface area contributed by atoms with Crippen molar-refractivity contribution >= 4 is 23.8 Å². The maximum atomic E-state index is 12.0. The molecule has 0 spiro atoms. The van der Waals surface area contributed by atoms with Crippen LogP contribution in [-0.4, -0.2) is 17.7 Å². The molecule has 0 atom stereocenters. The fourth-order valence-electron chi connectivity index (χ4n) is 1.98. The molecule has 104 valence electrons. The van der Waals surface area contributed by atoms with E-state index in [-0.39, 0.29) is 17.3 Å². The summed E-state index contributed by atoms with van der Waals surface area (Å²) in [5, 5.41) is 0. The van der Waals surface area contributed by atoms with Gasteiger partial charge in [-0.1, -0.05) is 12.2 Å². The van der Waals surface area contributed by atoms with Crippen molar-refractivity contribution in [2.24, 2.45) is 0 Å². The van der Waals surface area contributed by atoms with Crippen LogP contribution in [0.2, 0.25) is 0 Å². The largest absolute Gasteiger partial charge is 0.423 e. The predicted molar refractivity (Wildman–Crippen MR) is 71.7 cm³/mol. The minimum atomic E-state index is -0.546. The van der Waals surface area contributed by atoms with Gasteiger partial charge in [-0.05, 0) is 24.1 Å². The Morgan fingerprint density at radius 1 is 1.05 bits per heavy atom. The smallest absolute Gasteiger partial charge is 0.308 e. The zero-order valence-electron chi connectivity index (χ0n) is 11.3. The molecule has 0 fully saturated rings. The monoisotopic (exact) mass is 274 g/mol. The maximum Gasteiger partial charge on any atom is 0.308 e. The summed E-state index contributed by atoms with van der Waals surface area (Å²) in [6.07, 6.45) is 4.73. The van der Waals surface area contributed by atoms with Gasteiger partial charge >= 0.3 is 11.9 Å². The van der Waals surface area contributed by atoms with E-state index in [9.17, 15) is 14.4 Å². The van der Waals surface area contributed by atoms with Crippen LogP contribution < -0.4 is 9.47 Å². The Balaban J connectivity index is 2.54. The van der Waals surface area contributed by atoms with Gasteiger partial charge in [0.2, 0.25) is 0 Å². The van der Waals surface area contributed by atoms with Gasteiger partial charge in [-0.3, -0.25) is 14.4 Å². The SMILES string of the molecule is CC(=O)Oc1cc2c(cc1OC(C)=O)C(=O)CCC=C2. The van der Waals surface area contributed by atoms with Gasteiger partial charge in [0.1, 0.15) is 0 Å². The van der Waals surface area contributed by atoms with Crippen LogP contribution in [0.15, 0.2) is 18.2 Å². The number of rotatable bonds is 2. The molecule has 0 bridgehead atoms. The lowest BCUT2D eigenvalue weighted by Gasteiger charge is -2.12. The molecule has 0 amide bonds. The van der Waals surface area contributed by atoms with Crippen molar-refractivity contribution in [3.8, 4) is 11.5 Å². The molecule has 0 N–H and O–H groups in total. The van der Waals surface area contributed by atoms with E-state index >= 15 is 0 Å². The van der Waals surface area contributed by atoms with E-state index in [4.69, 9.17) is 9.47 Å². The predicted octanol–water partition coefficient (Wildman–Crippen LogP) is 2.53. The third kappa shape index (κ3) is 3.12. The third-order valence-corrected chi connectivity index (χ3v) is 2.76. The molecule has 2 rings (SSSR count). The van der Waals surface area contributed by atoms with Gasteiger partial charge in [-0.25, -0.2) is 0 Å². The molecule has 0 unspecified atom stereocenters.